The summed E-state index contributed by atoms with van der Waals surface area (Å²) in [5.74, 6) is 0. The van der Waals surface area contributed by atoms with Crippen molar-refractivity contribution in [3.63, 3.8) is 0 Å². The highest BCUT2D eigenvalue weighted by atomic mass is 15.0. The smallest absolute Gasteiger partial charge is 0.0627 e. The van der Waals surface area contributed by atoms with Gasteiger partial charge in [0.25, 0.3) is 0 Å². The molecule has 0 N–H and O–H groups in total. The zero-order valence-electron chi connectivity index (χ0n) is 38.6. The van der Waals surface area contributed by atoms with Crippen molar-refractivity contribution in [1.82, 2.24) is 13.4 Å². The van der Waals surface area contributed by atoms with Gasteiger partial charge in [0.2, 0.25) is 0 Å². The Morgan fingerprint density at radius 1 is 0.313 bits per heavy atom. The minimum absolute atomic E-state index is 0.0416. The largest absolute Gasteiger partial charge is 0.309 e. The first kappa shape index (κ1) is 37.4. The van der Waals surface area contributed by atoms with Gasteiger partial charge in [0.1, 0.15) is 0 Å². The molecule has 0 radical (unpaired) electrons. The van der Waals surface area contributed by atoms with E-state index in [2.05, 4.69) is 231 Å². The minimum Gasteiger partial charge on any atom is -0.309 e. The fraction of sp³-hybridized carbons (Fsp3) is 0.125. The molecule has 0 spiro atoms. The van der Waals surface area contributed by atoms with Gasteiger partial charge in [-0.2, -0.15) is 0 Å². The van der Waals surface area contributed by atoms with Crippen LogP contribution in [0, 0.1) is 0 Å². The standard InChI is InChI=1S/C64H47N3/c1-63(2,3)39-25-27-53-46(33-39)49-34-40(64(4,5)6)35-50-57-54(66(53)60(49)50)28-29-55-59(57)58-43-21-13-11-17-37(43)31-48-47-30-36-16-10-12-20-42(36)56(61(47)67(55)62(48)58)38-24-26-52-45(32-38)44-22-14-15-23-51(44)65(52)41-18-8-7-9-19-41/h7-35H,1-6H3. The summed E-state index contributed by atoms with van der Waals surface area (Å²) in [5, 5.41) is 18.2. The Bertz CT molecular complexity index is 4620. The lowest BCUT2D eigenvalue weighted by atomic mass is 9.84. The Balaban J connectivity index is 1.15. The van der Waals surface area contributed by atoms with Crippen molar-refractivity contribution in [1.29, 1.82) is 0 Å². The predicted octanol–water partition coefficient (Wildman–Crippen LogP) is 17.7. The summed E-state index contributed by atoms with van der Waals surface area (Å²) < 4.78 is 7.66. The summed E-state index contributed by atoms with van der Waals surface area (Å²) in [4.78, 5) is 0. The second kappa shape index (κ2) is 12.5. The maximum Gasteiger partial charge on any atom is 0.0627 e. The summed E-state index contributed by atoms with van der Waals surface area (Å²) in [6.45, 7) is 14.1. The first-order chi connectivity index (χ1) is 32.5. The zero-order chi connectivity index (χ0) is 44.8. The number of hydrogen-bond donors (Lipinski definition) is 0. The third-order valence-corrected chi connectivity index (χ3v) is 15.5. The maximum atomic E-state index is 2.66. The average Bonchev–Trinajstić information content (AvgIpc) is 4.12. The number of para-hydroxylation sites is 2. The number of fused-ring (bicyclic) bond motifs is 19. The van der Waals surface area contributed by atoms with E-state index in [1.807, 2.05) is 0 Å². The predicted molar refractivity (Wildman–Crippen MR) is 288 cm³/mol. The van der Waals surface area contributed by atoms with Crippen molar-refractivity contribution in [2.45, 2.75) is 52.4 Å². The molecule has 5 aromatic heterocycles. The van der Waals surface area contributed by atoms with Crippen molar-refractivity contribution in [2.24, 2.45) is 0 Å². The minimum atomic E-state index is -0.0416. The second-order valence-electron chi connectivity index (χ2n) is 21.3. The van der Waals surface area contributed by atoms with Crippen LogP contribution in [0.5, 0.6) is 0 Å². The van der Waals surface area contributed by atoms with E-state index in [0.29, 0.717) is 0 Å². The SMILES string of the molecule is CC(C)(C)c1ccc2c(c1)c1cc(C(C)(C)C)cc3c4c5c6c7ccccc7cc7c8cc9ccccc9c(-c9ccc%10c(c9)c9ccccc9n%10-c9ccccc9)c8n(c5ccc4n2c13)c76. The summed E-state index contributed by atoms with van der Waals surface area (Å²) in [5.41, 5.74) is 16.5. The third-order valence-electron chi connectivity index (χ3n) is 15.5. The Morgan fingerprint density at radius 3 is 1.63 bits per heavy atom. The van der Waals surface area contributed by atoms with E-state index in [-0.39, 0.29) is 10.8 Å². The fourth-order valence-electron chi connectivity index (χ4n) is 12.4. The van der Waals surface area contributed by atoms with Crippen molar-refractivity contribution < 1.29 is 0 Å². The van der Waals surface area contributed by atoms with Gasteiger partial charge in [-0.05, 0) is 128 Å². The molecule has 3 nitrogen and oxygen atoms in total. The molecular weight excluding hydrogens is 811 g/mol. The van der Waals surface area contributed by atoms with E-state index >= 15 is 0 Å². The molecule has 0 unspecified atom stereocenters. The molecular formula is C64H47N3. The Kier molecular flexibility index (Phi) is 6.97. The normalized spacial score (nSPS) is 13.2. The van der Waals surface area contributed by atoms with Crippen LogP contribution < -0.4 is 0 Å². The van der Waals surface area contributed by atoms with Crippen LogP contribution in [-0.2, 0) is 10.8 Å². The molecule has 67 heavy (non-hydrogen) atoms. The van der Waals surface area contributed by atoms with Gasteiger partial charge in [-0.3, -0.25) is 0 Å². The first-order valence-corrected chi connectivity index (χ1v) is 23.9. The van der Waals surface area contributed by atoms with Gasteiger partial charge >= 0.3 is 0 Å². The van der Waals surface area contributed by atoms with Crippen LogP contribution >= 0.6 is 0 Å². The van der Waals surface area contributed by atoms with Gasteiger partial charge in [0.15, 0.2) is 0 Å². The topological polar surface area (TPSA) is 13.8 Å². The average molecular weight is 858 g/mol. The number of nitrogens with zero attached hydrogens (tertiary/aromatic N) is 3. The summed E-state index contributed by atoms with van der Waals surface area (Å²) in [7, 11) is 0. The fourth-order valence-corrected chi connectivity index (χ4v) is 12.4. The molecule has 0 saturated carbocycles. The molecule has 0 atom stereocenters. The van der Waals surface area contributed by atoms with Crippen LogP contribution in [0.4, 0.5) is 0 Å². The maximum absolute atomic E-state index is 2.66. The van der Waals surface area contributed by atoms with Crippen LogP contribution in [0.15, 0.2) is 176 Å². The van der Waals surface area contributed by atoms with Gasteiger partial charge < -0.3 is 13.4 Å². The molecule has 5 heterocycles. The Labute approximate surface area is 387 Å². The van der Waals surface area contributed by atoms with Gasteiger partial charge in [-0.25, -0.2) is 0 Å². The molecule has 0 fully saturated rings. The molecule has 10 aromatic carbocycles. The molecule has 0 saturated heterocycles. The third kappa shape index (κ3) is 4.76. The molecule has 15 rings (SSSR count). The van der Waals surface area contributed by atoms with Crippen LogP contribution in [0.25, 0.3) is 136 Å². The van der Waals surface area contributed by atoms with E-state index in [1.54, 1.807) is 0 Å². The zero-order valence-corrected chi connectivity index (χ0v) is 38.6. The summed E-state index contributed by atoms with van der Waals surface area (Å²) >= 11 is 0. The van der Waals surface area contributed by atoms with Crippen molar-refractivity contribution in [3.05, 3.63) is 187 Å². The highest BCUT2D eigenvalue weighted by Crippen LogP contribution is 2.52. The van der Waals surface area contributed by atoms with Crippen molar-refractivity contribution in [3.8, 4) is 16.8 Å². The number of aromatic nitrogens is 3. The molecule has 0 aliphatic rings. The lowest BCUT2D eigenvalue weighted by Gasteiger charge is -2.20. The Morgan fingerprint density at radius 2 is 0.866 bits per heavy atom. The first-order valence-electron chi connectivity index (χ1n) is 23.9. The lowest BCUT2D eigenvalue weighted by Crippen LogP contribution is -2.11. The van der Waals surface area contributed by atoms with E-state index in [1.165, 1.54) is 147 Å². The molecule has 0 aliphatic carbocycles. The van der Waals surface area contributed by atoms with Crippen LogP contribution in [-0.4, -0.2) is 13.4 Å². The number of rotatable bonds is 2. The van der Waals surface area contributed by atoms with E-state index in [0.717, 1.165) is 0 Å². The second-order valence-corrected chi connectivity index (χ2v) is 21.3. The number of benzene rings is 10. The molecule has 0 aliphatic heterocycles. The molecule has 15 aromatic rings. The lowest BCUT2D eigenvalue weighted by molar-refractivity contribution is 0.590. The monoisotopic (exact) mass is 857 g/mol. The van der Waals surface area contributed by atoms with E-state index in [4.69, 9.17) is 0 Å². The highest BCUT2D eigenvalue weighted by molar-refractivity contribution is 6.40. The molecule has 318 valence electrons. The molecule has 0 amide bonds. The summed E-state index contributed by atoms with van der Waals surface area (Å²) in [6.07, 6.45) is 0. The van der Waals surface area contributed by atoms with Gasteiger partial charge in [-0.1, -0.05) is 139 Å². The van der Waals surface area contributed by atoms with Gasteiger partial charge in [0, 0.05) is 65.1 Å². The highest BCUT2D eigenvalue weighted by Gasteiger charge is 2.29. The summed E-state index contributed by atoms with van der Waals surface area (Å²) in [6, 6.07) is 67.0. The van der Waals surface area contributed by atoms with Crippen LogP contribution in [0.3, 0.4) is 0 Å². The number of hydrogen-bond acceptors (Lipinski definition) is 0. The molecule has 3 heteroatoms. The van der Waals surface area contributed by atoms with Crippen molar-refractivity contribution >= 4 is 120 Å². The van der Waals surface area contributed by atoms with E-state index < -0.39 is 0 Å². The Hall–Kier alpha value is -7.88. The van der Waals surface area contributed by atoms with Crippen LogP contribution in [0.1, 0.15) is 52.7 Å². The van der Waals surface area contributed by atoms with E-state index in [9.17, 15) is 0 Å². The van der Waals surface area contributed by atoms with Crippen LogP contribution in [0.2, 0.25) is 0 Å². The van der Waals surface area contributed by atoms with Gasteiger partial charge in [0.05, 0.1) is 44.1 Å². The van der Waals surface area contributed by atoms with Gasteiger partial charge in [-0.15, -0.1) is 0 Å². The molecule has 0 bridgehead atoms. The van der Waals surface area contributed by atoms with Crippen molar-refractivity contribution in [2.75, 3.05) is 0 Å². The quantitative estimate of drug-likeness (QED) is 0.164.